The Morgan fingerprint density at radius 1 is 1.22 bits per heavy atom. The summed E-state index contributed by atoms with van der Waals surface area (Å²) in [7, 11) is 1.53. The van der Waals surface area contributed by atoms with Crippen LogP contribution in [0.2, 0.25) is 5.02 Å². The fourth-order valence-corrected chi connectivity index (χ4v) is 4.25. The molecule has 11 heteroatoms. The van der Waals surface area contributed by atoms with E-state index in [-0.39, 0.29) is 28.1 Å². The van der Waals surface area contributed by atoms with Crippen molar-refractivity contribution in [2.45, 2.75) is 26.4 Å². The Morgan fingerprint density at radius 2 is 2.00 bits per heavy atom. The average molecular weight is 510 g/mol. The first-order valence-corrected chi connectivity index (χ1v) is 11.4. The van der Waals surface area contributed by atoms with E-state index in [1.165, 1.54) is 25.4 Å². The van der Waals surface area contributed by atoms with Gasteiger partial charge in [-0.3, -0.25) is 9.59 Å². The third-order valence-corrected chi connectivity index (χ3v) is 6.07. The number of rotatable bonds is 9. The first-order chi connectivity index (χ1) is 17.2. The first kappa shape index (κ1) is 24.8. The lowest BCUT2D eigenvalue weighted by Crippen LogP contribution is -2.13. The number of halogens is 1. The highest BCUT2D eigenvalue weighted by Crippen LogP contribution is 2.34. The molecule has 0 saturated heterocycles. The number of nitrogens with zero attached hydrogens (tertiary/aromatic N) is 3. The van der Waals surface area contributed by atoms with E-state index in [4.69, 9.17) is 22.1 Å². The van der Waals surface area contributed by atoms with E-state index >= 15 is 0 Å². The second-order valence-electron chi connectivity index (χ2n) is 8.00. The van der Waals surface area contributed by atoms with Crippen LogP contribution in [0.5, 0.6) is 11.5 Å². The van der Waals surface area contributed by atoms with Gasteiger partial charge in [-0.2, -0.15) is 5.10 Å². The molecule has 10 nitrogen and oxygen atoms in total. The summed E-state index contributed by atoms with van der Waals surface area (Å²) in [5, 5.41) is 28.3. The Labute approximate surface area is 211 Å². The van der Waals surface area contributed by atoms with Crippen LogP contribution in [0.15, 0.2) is 42.7 Å². The summed E-state index contributed by atoms with van der Waals surface area (Å²) in [6.07, 6.45) is 2.61. The highest BCUT2D eigenvalue weighted by atomic mass is 35.5. The second kappa shape index (κ2) is 10.1. The number of anilines is 2. The molecule has 0 amide bonds. The van der Waals surface area contributed by atoms with Crippen molar-refractivity contribution in [2.75, 3.05) is 18.2 Å². The number of carboxylic acids is 1. The quantitative estimate of drug-likeness (QED) is 0.194. The Morgan fingerprint density at radius 3 is 2.67 bits per heavy atom. The third-order valence-electron chi connectivity index (χ3n) is 5.78. The van der Waals surface area contributed by atoms with Crippen LogP contribution in [-0.2, 0) is 24.3 Å². The van der Waals surface area contributed by atoms with Gasteiger partial charge in [0.05, 0.1) is 52.6 Å². The number of aryl methyl sites for hydroxylation is 1. The lowest BCUT2D eigenvalue weighted by molar-refractivity contribution is -0.136. The molecule has 0 spiro atoms. The van der Waals surface area contributed by atoms with Crippen molar-refractivity contribution in [3.05, 3.63) is 70.0 Å². The Balaban J connectivity index is 1.80. The van der Waals surface area contributed by atoms with Gasteiger partial charge in [-0.1, -0.05) is 23.7 Å². The Bertz CT molecular complexity index is 1480. The van der Waals surface area contributed by atoms with E-state index < -0.39 is 18.2 Å². The molecule has 0 fully saturated rings. The summed E-state index contributed by atoms with van der Waals surface area (Å²) >= 11 is 6.26. The van der Waals surface area contributed by atoms with Crippen LogP contribution in [0.3, 0.4) is 0 Å². The lowest BCUT2D eigenvalue weighted by Gasteiger charge is -2.16. The van der Waals surface area contributed by atoms with Gasteiger partial charge < -0.3 is 26.0 Å². The molecule has 2 aromatic carbocycles. The molecule has 36 heavy (non-hydrogen) atoms. The monoisotopic (exact) mass is 509 g/mol. The molecule has 0 aliphatic carbocycles. The van der Waals surface area contributed by atoms with E-state index in [1.54, 1.807) is 23.0 Å². The van der Waals surface area contributed by atoms with Crippen molar-refractivity contribution in [3.63, 3.8) is 0 Å². The van der Waals surface area contributed by atoms with E-state index in [1.807, 2.05) is 13.0 Å². The number of hydrogen-bond acceptors (Lipinski definition) is 8. The number of carbonyl (C=O) groups is 2. The molecule has 0 aliphatic rings. The highest BCUT2D eigenvalue weighted by molar-refractivity contribution is 6.32. The number of fused-ring (bicyclic) bond motifs is 1. The molecule has 0 atom stereocenters. The number of phenols is 1. The summed E-state index contributed by atoms with van der Waals surface area (Å²) in [6.45, 7) is 2.80. The highest BCUT2D eigenvalue weighted by Gasteiger charge is 2.25. The average Bonchev–Trinajstić information content (AvgIpc) is 3.27. The lowest BCUT2D eigenvalue weighted by atomic mass is 9.96. The van der Waals surface area contributed by atoms with Crippen molar-refractivity contribution in [3.8, 4) is 11.5 Å². The van der Waals surface area contributed by atoms with Crippen LogP contribution in [0.1, 0.15) is 34.0 Å². The number of aliphatic carboxylic acids is 1. The molecular weight excluding hydrogens is 486 g/mol. The number of hydrogen-bond donors (Lipinski definition) is 4. The number of nitrogens with two attached hydrogens (primary N) is 1. The molecule has 2 heterocycles. The maximum absolute atomic E-state index is 13.7. The number of methoxy groups -OCH3 is 1. The van der Waals surface area contributed by atoms with Crippen LogP contribution in [0, 0.1) is 0 Å². The molecule has 0 bridgehead atoms. The predicted octanol–water partition coefficient (Wildman–Crippen LogP) is 3.87. The summed E-state index contributed by atoms with van der Waals surface area (Å²) < 4.78 is 6.90. The molecule has 0 radical (unpaired) electrons. The van der Waals surface area contributed by atoms with Gasteiger partial charge in [-0.05, 0) is 36.2 Å². The minimum Gasteiger partial charge on any atom is -0.507 e. The number of aromatic hydroxyl groups is 1. The SMILES string of the molecule is CCn1ncc2c(NCc3ccc(OC)c(Cl)c3)c(C(=O)c3c(O)ccc(CC(=O)O)c3N)cnc21. The number of nitrogens with one attached hydrogen (secondary N) is 1. The van der Waals surface area contributed by atoms with Gasteiger partial charge >= 0.3 is 5.97 Å². The predicted molar refractivity (Wildman–Crippen MR) is 136 cm³/mol. The fraction of sp³-hybridized carbons (Fsp3) is 0.200. The molecular formula is C25H24ClN5O5. The Hall–Kier alpha value is -4.31. The van der Waals surface area contributed by atoms with Crippen molar-refractivity contribution in [1.29, 1.82) is 0 Å². The van der Waals surface area contributed by atoms with E-state index in [0.717, 1.165) is 5.56 Å². The molecule has 2 aromatic heterocycles. The van der Waals surface area contributed by atoms with Crippen LogP contribution < -0.4 is 15.8 Å². The zero-order chi connectivity index (χ0) is 26.0. The van der Waals surface area contributed by atoms with Crippen LogP contribution in [0.4, 0.5) is 11.4 Å². The summed E-state index contributed by atoms with van der Waals surface area (Å²) in [5.74, 6) is -1.53. The molecule has 5 N–H and O–H groups in total. The second-order valence-corrected chi connectivity index (χ2v) is 8.41. The van der Waals surface area contributed by atoms with E-state index in [2.05, 4.69) is 15.4 Å². The van der Waals surface area contributed by atoms with Gasteiger partial charge in [0, 0.05) is 19.3 Å². The number of ether oxygens (including phenoxy) is 1. The first-order valence-electron chi connectivity index (χ1n) is 11.0. The van der Waals surface area contributed by atoms with Gasteiger partial charge in [-0.25, -0.2) is 9.67 Å². The number of phenolic OH excluding ortho intramolecular Hbond substituents is 1. The Kier molecular flexibility index (Phi) is 6.98. The van der Waals surface area contributed by atoms with Crippen molar-refractivity contribution in [2.24, 2.45) is 0 Å². The van der Waals surface area contributed by atoms with Crippen LogP contribution >= 0.6 is 11.6 Å². The molecule has 4 rings (SSSR count). The number of nitrogen functional groups attached to an aromatic ring is 1. The van der Waals surface area contributed by atoms with Crippen molar-refractivity contribution < 1.29 is 24.5 Å². The normalized spacial score (nSPS) is 11.0. The number of benzene rings is 2. The topological polar surface area (TPSA) is 153 Å². The van der Waals surface area contributed by atoms with E-state index in [9.17, 15) is 19.8 Å². The molecule has 0 aliphatic heterocycles. The van der Waals surface area contributed by atoms with Gasteiger partial charge in [-0.15, -0.1) is 0 Å². The van der Waals surface area contributed by atoms with Gasteiger partial charge in [0.15, 0.2) is 5.65 Å². The summed E-state index contributed by atoms with van der Waals surface area (Å²) in [5.41, 5.74) is 8.07. The maximum Gasteiger partial charge on any atom is 0.307 e. The van der Waals surface area contributed by atoms with Crippen LogP contribution in [0.25, 0.3) is 11.0 Å². The van der Waals surface area contributed by atoms with Gasteiger partial charge in [0.25, 0.3) is 0 Å². The maximum atomic E-state index is 13.7. The molecule has 4 aromatic rings. The minimum absolute atomic E-state index is 0.0976. The summed E-state index contributed by atoms with van der Waals surface area (Å²) in [4.78, 5) is 29.3. The number of carboxylic acid groups (broad SMARTS) is 1. The molecule has 186 valence electrons. The number of ketones is 1. The van der Waals surface area contributed by atoms with Crippen molar-refractivity contribution >= 4 is 45.8 Å². The van der Waals surface area contributed by atoms with E-state index in [0.29, 0.717) is 40.6 Å². The largest absolute Gasteiger partial charge is 0.507 e. The number of carbonyl (C=O) groups excluding carboxylic acids is 1. The number of aromatic nitrogens is 3. The van der Waals surface area contributed by atoms with Crippen molar-refractivity contribution in [1.82, 2.24) is 14.8 Å². The fourth-order valence-electron chi connectivity index (χ4n) is 3.97. The van der Waals surface area contributed by atoms with Gasteiger partial charge in [0.1, 0.15) is 11.5 Å². The smallest absolute Gasteiger partial charge is 0.307 e. The zero-order valence-corrected chi connectivity index (χ0v) is 20.3. The van der Waals surface area contributed by atoms with Crippen LogP contribution in [-0.4, -0.2) is 43.8 Å². The number of pyridine rings is 1. The third kappa shape index (κ3) is 4.63. The molecule has 0 saturated carbocycles. The molecule has 0 unspecified atom stereocenters. The summed E-state index contributed by atoms with van der Waals surface area (Å²) in [6, 6.07) is 7.98. The standard InChI is InChI=1S/C25H24ClN5O5/c1-3-31-25-16(12-30-31)23(28-10-13-4-7-19(36-2)17(26)8-13)15(11-29-25)24(35)21-18(32)6-5-14(22(21)27)9-20(33)34/h4-8,11-12,32H,3,9-10,27H2,1-2H3,(H,28,29)(H,33,34). The van der Waals surface area contributed by atoms with Gasteiger partial charge in [0.2, 0.25) is 5.78 Å². The zero-order valence-electron chi connectivity index (χ0n) is 19.6. The minimum atomic E-state index is -1.11.